The molecule has 2 heterocycles. The molecule has 0 spiro atoms. The Morgan fingerprint density at radius 2 is 1.83 bits per heavy atom. The monoisotopic (exact) mass is 504 g/mol. The van der Waals surface area contributed by atoms with Crippen molar-refractivity contribution in [3.63, 3.8) is 0 Å². The lowest BCUT2D eigenvalue weighted by Gasteiger charge is -2.09. The Labute approximate surface area is 208 Å². The molecule has 0 bridgehead atoms. The van der Waals surface area contributed by atoms with Crippen LogP contribution in [0.15, 0.2) is 72.9 Å². The van der Waals surface area contributed by atoms with Crippen molar-refractivity contribution in [2.45, 2.75) is 19.8 Å². The van der Waals surface area contributed by atoms with Gasteiger partial charge in [0.2, 0.25) is 5.91 Å². The molecule has 0 saturated carbocycles. The number of benzene rings is 3. The Morgan fingerprint density at radius 1 is 1.06 bits per heavy atom. The van der Waals surface area contributed by atoms with E-state index in [-0.39, 0.29) is 41.4 Å². The summed E-state index contributed by atoms with van der Waals surface area (Å²) in [5, 5.41) is 3.69. The Kier molecular flexibility index (Phi) is 6.22. The average molecular weight is 505 g/mol. The molecule has 1 amide bonds. The molecule has 1 saturated heterocycles. The molecule has 1 N–H and O–H groups in total. The minimum Gasteiger partial charge on any atom is -0.326 e. The second-order valence-corrected chi connectivity index (χ2v) is 11.5. The maximum atomic E-state index is 13.6. The van der Waals surface area contributed by atoms with Gasteiger partial charge in [-0.3, -0.25) is 9.59 Å². The standard InChI is InChI=1S/C28H25FN2O4S/c1-18(32)30-23-4-2-3-20(14-23)26-16-31(24-8-6-22(29)7-9-24)27-15-21(5-10-25(26)27)28(33)13-19-11-12-36(34,35)17-19/h2-10,14-16,19H,11-13,17H2,1H3,(H,30,32). The Hall–Kier alpha value is -3.78. The third kappa shape index (κ3) is 4.95. The number of fused-ring (bicyclic) bond motifs is 1. The molecular formula is C28H25FN2O4S. The molecule has 3 aromatic carbocycles. The number of nitrogens with zero attached hydrogens (tertiary/aromatic N) is 1. The lowest BCUT2D eigenvalue weighted by molar-refractivity contribution is -0.114. The van der Waals surface area contributed by atoms with E-state index in [0.29, 0.717) is 17.7 Å². The molecule has 0 aliphatic carbocycles. The number of rotatable bonds is 6. The SMILES string of the molecule is CC(=O)Nc1cccc(-c2cn(-c3ccc(F)cc3)c3cc(C(=O)CC4CCS(=O)(=O)C4)ccc23)c1. The number of halogens is 1. The van der Waals surface area contributed by atoms with E-state index in [1.165, 1.54) is 19.1 Å². The van der Waals surface area contributed by atoms with Crippen molar-refractivity contribution in [3.05, 3.63) is 84.3 Å². The lowest BCUT2D eigenvalue weighted by Crippen LogP contribution is -2.10. The molecule has 1 aliphatic heterocycles. The maximum absolute atomic E-state index is 13.6. The van der Waals surface area contributed by atoms with Gasteiger partial charge in [-0.05, 0) is 60.4 Å². The molecule has 0 radical (unpaired) electrons. The van der Waals surface area contributed by atoms with E-state index >= 15 is 0 Å². The van der Waals surface area contributed by atoms with Crippen LogP contribution in [-0.2, 0) is 14.6 Å². The highest BCUT2D eigenvalue weighted by atomic mass is 32.2. The van der Waals surface area contributed by atoms with E-state index in [4.69, 9.17) is 0 Å². The van der Waals surface area contributed by atoms with Crippen LogP contribution in [0.2, 0.25) is 0 Å². The second kappa shape index (κ2) is 9.35. The highest BCUT2D eigenvalue weighted by Gasteiger charge is 2.29. The van der Waals surface area contributed by atoms with Gasteiger partial charge < -0.3 is 9.88 Å². The molecule has 5 rings (SSSR count). The first kappa shape index (κ1) is 23.9. The van der Waals surface area contributed by atoms with Crippen molar-refractivity contribution >= 4 is 38.1 Å². The summed E-state index contributed by atoms with van der Waals surface area (Å²) in [7, 11) is -3.06. The number of hydrogen-bond acceptors (Lipinski definition) is 4. The van der Waals surface area contributed by atoms with Crippen molar-refractivity contribution in [1.29, 1.82) is 0 Å². The van der Waals surface area contributed by atoms with Crippen LogP contribution in [0.3, 0.4) is 0 Å². The number of carbonyl (C=O) groups excluding carboxylic acids is 2. The van der Waals surface area contributed by atoms with Gasteiger partial charge in [-0.15, -0.1) is 0 Å². The van der Waals surface area contributed by atoms with Gasteiger partial charge in [0, 0.05) is 47.4 Å². The maximum Gasteiger partial charge on any atom is 0.221 e. The van der Waals surface area contributed by atoms with E-state index in [2.05, 4.69) is 5.32 Å². The summed E-state index contributed by atoms with van der Waals surface area (Å²) in [5.41, 5.74) is 4.45. The number of aromatic nitrogens is 1. The zero-order valence-corrected chi connectivity index (χ0v) is 20.5. The highest BCUT2D eigenvalue weighted by Crippen LogP contribution is 2.35. The van der Waals surface area contributed by atoms with Crippen molar-refractivity contribution in [3.8, 4) is 16.8 Å². The Balaban J connectivity index is 1.58. The summed E-state index contributed by atoms with van der Waals surface area (Å²) >= 11 is 0. The van der Waals surface area contributed by atoms with Gasteiger partial charge in [-0.25, -0.2) is 12.8 Å². The zero-order chi connectivity index (χ0) is 25.4. The number of Topliss-reactive ketones (excluding diaryl/α,β-unsaturated/α-hetero) is 1. The van der Waals surface area contributed by atoms with Gasteiger partial charge in [0.25, 0.3) is 0 Å². The van der Waals surface area contributed by atoms with Crippen molar-refractivity contribution in [2.75, 3.05) is 16.8 Å². The molecule has 1 fully saturated rings. The quantitative estimate of drug-likeness (QED) is 0.356. The minimum atomic E-state index is -3.06. The fourth-order valence-electron chi connectivity index (χ4n) is 4.83. The fourth-order valence-corrected chi connectivity index (χ4v) is 6.69. The summed E-state index contributed by atoms with van der Waals surface area (Å²) in [6, 6.07) is 19.1. The largest absolute Gasteiger partial charge is 0.326 e. The molecular weight excluding hydrogens is 479 g/mol. The predicted octanol–water partition coefficient (Wildman–Crippen LogP) is 5.40. The zero-order valence-electron chi connectivity index (χ0n) is 19.7. The second-order valence-electron chi connectivity index (χ2n) is 9.28. The molecule has 1 atom stereocenters. The van der Waals surface area contributed by atoms with Gasteiger partial charge in [-0.2, -0.15) is 0 Å². The van der Waals surface area contributed by atoms with Crippen molar-refractivity contribution < 1.29 is 22.4 Å². The van der Waals surface area contributed by atoms with E-state index in [0.717, 1.165) is 27.7 Å². The van der Waals surface area contributed by atoms with Crippen LogP contribution in [0.5, 0.6) is 0 Å². The average Bonchev–Trinajstić information content (AvgIpc) is 3.38. The number of nitrogens with one attached hydrogen (secondary N) is 1. The summed E-state index contributed by atoms with van der Waals surface area (Å²) in [6.45, 7) is 1.45. The molecule has 184 valence electrons. The molecule has 8 heteroatoms. The van der Waals surface area contributed by atoms with Crippen LogP contribution in [-0.4, -0.2) is 36.2 Å². The third-order valence-corrected chi connectivity index (χ3v) is 8.36. The molecule has 6 nitrogen and oxygen atoms in total. The number of carbonyl (C=O) groups is 2. The Morgan fingerprint density at radius 3 is 2.53 bits per heavy atom. The topological polar surface area (TPSA) is 85.2 Å². The minimum absolute atomic E-state index is 0.0573. The van der Waals surface area contributed by atoms with Crippen molar-refractivity contribution in [2.24, 2.45) is 5.92 Å². The van der Waals surface area contributed by atoms with Crippen LogP contribution < -0.4 is 5.32 Å². The predicted molar refractivity (Wildman–Crippen MR) is 139 cm³/mol. The van der Waals surface area contributed by atoms with Crippen LogP contribution in [0.4, 0.5) is 10.1 Å². The van der Waals surface area contributed by atoms with Gasteiger partial charge in [0.05, 0.1) is 17.0 Å². The smallest absolute Gasteiger partial charge is 0.221 e. The van der Waals surface area contributed by atoms with Crippen LogP contribution in [0.1, 0.15) is 30.1 Å². The number of sulfone groups is 1. The number of ketones is 1. The number of anilines is 1. The first-order valence-corrected chi connectivity index (χ1v) is 13.5. The normalized spacial score (nSPS) is 16.8. The summed E-state index contributed by atoms with van der Waals surface area (Å²) < 4.78 is 39.2. The third-order valence-electron chi connectivity index (χ3n) is 6.53. The molecule has 1 aromatic heterocycles. The first-order valence-electron chi connectivity index (χ1n) is 11.7. The summed E-state index contributed by atoms with van der Waals surface area (Å²) in [6.07, 6.45) is 2.63. The van der Waals surface area contributed by atoms with E-state index in [1.54, 1.807) is 18.2 Å². The number of hydrogen-bond donors (Lipinski definition) is 1. The van der Waals surface area contributed by atoms with Crippen LogP contribution in [0.25, 0.3) is 27.7 Å². The van der Waals surface area contributed by atoms with Gasteiger partial charge in [-0.1, -0.05) is 24.3 Å². The van der Waals surface area contributed by atoms with E-state index in [1.807, 2.05) is 47.2 Å². The van der Waals surface area contributed by atoms with E-state index in [9.17, 15) is 22.4 Å². The highest BCUT2D eigenvalue weighted by molar-refractivity contribution is 7.91. The lowest BCUT2D eigenvalue weighted by atomic mass is 9.96. The molecule has 36 heavy (non-hydrogen) atoms. The number of amides is 1. The van der Waals surface area contributed by atoms with E-state index < -0.39 is 9.84 Å². The van der Waals surface area contributed by atoms with Gasteiger partial charge in [0.1, 0.15) is 5.82 Å². The first-order chi connectivity index (χ1) is 17.2. The molecule has 1 aliphatic rings. The van der Waals surface area contributed by atoms with Crippen LogP contribution >= 0.6 is 0 Å². The van der Waals surface area contributed by atoms with Crippen molar-refractivity contribution in [1.82, 2.24) is 4.57 Å². The molecule has 1 unspecified atom stereocenters. The van der Waals surface area contributed by atoms with Crippen LogP contribution in [0, 0.1) is 11.7 Å². The summed E-state index contributed by atoms with van der Waals surface area (Å²) in [5.74, 6) is -0.575. The Bertz CT molecular complexity index is 1590. The molecule has 4 aromatic rings. The fraction of sp³-hybridized carbons (Fsp3) is 0.214. The van der Waals surface area contributed by atoms with Gasteiger partial charge in [0.15, 0.2) is 15.6 Å². The summed E-state index contributed by atoms with van der Waals surface area (Å²) in [4.78, 5) is 24.6. The van der Waals surface area contributed by atoms with Gasteiger partial charge >= 0.3 is 0 Å².